The SMILES string of the molecule is COc1ccc([C@H]2C[C@H](OC)C(=O)C[C@@H]2[N+](=O)[O-])c(OC)c1OC. The molecule has 0 spiro atoms. The summed E-state index contributed by atoms with van der Waals surface area (Å²) in [6.07, 6.45) is -0.621. The van der Waals surface area contributed by atoms with Crippen LogP contribution in [0.25, 0.3) is 0 Å². The van der Waals surface area contributed by atoms with Crippen LogP contribution in [0.15, 0.2) is 12.1 Å². The molecule has 1 aromatic rings. The lowest BCUT2D eigenvalue weighted by Crippen LogP contribution is -2.42. The van der Waals surface area contributed by atoms with Crippen molar-refractivity contribution in [2.75, 3.05) is 28.4 Å². The van der Waals surface area contributed by atoms with Crippen molar-refractivity contribution in [3.05, 3.63) is 27.8 Å². The van der Waals surface area contributed by atoms with Gasteiger partial charge in [-0.2, -0.15) is 0 Å². The molecule has 0 N–H and O–H groups in total. The van der Waals surface area contributed by atoms with Gasteiger partial charge >= 0.3 is 0 Å². The van der Waals surface area contributed by atoms with Gasteiger partial charge in [0.1, 0.15) is 6.10 Å². The smallest absolute Gasteiger partial charge is 0.227 e. The molecule has 3 atom stereocenters. The number of methoxy groups -OCH3 is 4. The summed E-state index contributed by atoms with van der Waals surface area (Å²) < 4.78 is 21.2. The standard InChI is InChI=1S/C16H21NO7/c1-21-13-6-5-9(15(23-3)16(13)24-4)10-7-14(22-2)12(18)8-11(10)17(19)20/h5-6,10-11,14H,7-8H2,1-4H3/t10-,11+,14+/m1/s1. The van der Waals surface area contributed by atoms with Crippen LogP contribution in [0.3, 0.4) is 0 Å². The summed E-state index contributed by atoms with van der Waals surface area (Å²) in [5.74, 6) is 0.418. The molecule has 1 aromatic carbocycles. The predicted molar refractivity (Wildman–Crippen MR) is 84.7 cm³/mol. The number of hydrogen-bond acceptors (Lipinski definition) is 7. The minimum Gasteiger partial charge on any atom is -0.493 e. The van der Waals surface area contributed by atoms with Crippen LogP contribution in [0.4, 0.5) is 0 Å². The number of carbonyl (C=O) groups excluding carboxylic acids is 1. The Labute approximate surface area is 139 Å². The van der Waals surface area contributed by atoms with Crippen LogP contribution >= 0.6 is 0 Å². The summed E-state index contributed by atoms with van der Waals surface area (Å²) in [4.78, 5) is 23.0. The fourth-order valence-electron chi connectivity index (χ4n) is 3.20. The predicted octanol–water partition coefficient (Wildman–Crippen LogP) is 1.82. The van der Waals surface area contributed by atoms with Crippen molar-refractivity contribution >= 4 is 5.78 Å². The van der Waals surface area contributed by atoms with Crippen molar-refractivity contribution in [3.63, 3.8) is 0 Å². The Morgan fingerprint density at radius 3 is 2.25 bits per heavy atom. The number of ether oxygens (including phenoxy) is 4. The summed E-state index contributed by atoms with van der Waals surface area (Å²) in [5.41, 5.74) is 0.603. The van der Waals surface area contributed by atoms with Crippen LogP contribution in [0.5, 0.6) is 17.2 Å². The number of Topliss-reactive ketones (excluding diaryl/α,β-unsaturated/α-hetero) is 1. The maximum absolute atomic E-state index is 12.0. The molecule has 1 aliphatic rings. The first-order valence-electron chi connectivity index (χ1n) is 7.46. The molecule has 2 rings (SSSR count). The van der Waals surface area contributed by atoms with E-state index in [1.165, 1.54) is 28.4 Å². The topological polar surface area (TPSA) is 97.1 Å². The molecule has 8 nitrogen and oxygen atoms in total. The Hall–Kier alpha value is -2.35. The van der Waals surface area contributed by atoms with Crippen LogP contribution in [0.1, 0.15) is 24.3 Å². The number of benzene rings is 1. The van der Waals surface area contributed by atoms with E-state index in [1.54, 1.807) is 12.1 Å². The highest BCUT2D eigenvalue weighted by Crippen LogP contribution is 2.46. The monoisotopic (exact) mass is 339 g/mol. The Bertz CT molecular complexity index is 631. The summed E-state index contributed by atoms with van der Waals surface area (Å²) >= 11 is 0. The molecule has 0 radical (unpaired) electrons. The van der Waals surface area contributed by atoms with Gasteiger partial charge in [0.25, 0.3) is 0 Å². The van der Waals surface area contributed by atoms with Gasteiger partial charge in [-0.1, -0.05) is 6.07 Å². The summed E-state index contributed by atoms with van der Waals surface area (Å²) in [5, 5.41) is 11.5. The van der Waals surface area contributed by atoms with Crippen molar-refractivity contribution in [1.29, 1.82) is 0 Å². The van der Waals surface area contributed by atoms with E-state index >= 15 is 0 Å². The van der Waals surface area contributed by atoms with Crippen molar-refractivity contribution in [1.82, 2.24) is 0 Å². The fraction of sp³-hybridized carbons (Fsp3) is 0.562. The van der Waals surface area contributed by atoms with Gasteiger partial charge in [-0.3, -0.25) is 14.9 Å². The third kappa shape index (κ3) is 3.14. The molecule has 0 heterocycles. The van der Waals surface area contributed by atoms with Crippen LogP contribution in [-0.4, -0.2) is 51.3 Å². The van der Waals surface area contributed by atoms with Gasteiger partial charge in [0.15, 0.2) is 17.3 Å². The van der Waals surface area contributed by atoms with E-state index < -0.39 is 23.0 Å². The number of ketones is 1. The minimum absolute atomic E-state index is 0.173. The number of nitrogens with zero attached hydrogens (tertiary/aromatic N) is 1. The van der Waals surface area contributed by atoms with E-state index in [-0.39, 0.29) is 18.6 Å². The van der Waals surface area contributed by atoms with E-state index in [2.05, 4.69) is 0 Å². The van der Waals surface area contributed by atoms with E-state index in [0.29, 0.717) is 22.8 Å². The molecule has 1 saturated carbocycles. The first-order chi connectivity index (χ1) is 11.5. The lowest BCUT2D eigenvalue weighted by atomic mass is 9.77. The van der Waals surface area contributed by atoms with Gasteiger partial charge < -0.3 is 18.9 Å². The molecular weight excluding hydrogens is 318 g/mol. The highest BCUT2D eigenvalue weighted by atomic mass is 16.6. The second-order valence-electron chi connectivity index (χ2n) is 5.51. The van der Waals surface area contributed by atoms with Crippen molar-refractivity contribution in [3.8, 4) is 17.2 Å². The summed E-state index contributed by atoms with van der Waals surface area (Å²) in [6.45, 7) is 0. The van der Waals surface area contributed by atoms with Crippen molar-refractivity contribution < 1.29 is 28.7 Å². The highest BCUT2D eigenvalue weighted by molar-refractivity contribution is 5.85. The van der Waals surface area contributed by atoms with Crippen LogP contribution in [-0.2, 0) is 9.53 Å². The maximum Gasteiger partial charge on any atom is 0.227 e. The fourth-order valence-corrected chi connectivity index (χ4v) is 3.20. The zero-order chi connectivity index (χ0) is 17.9. The minimum atomic E-state index is -1.03. The number of rotatable bonds is 6. The molecule has 0 unspecified atom stereocenters. The average molecular weight is 339 g/mol. The van der Waals surface area contributed by atoms with Gasteiger partial charge in [-0.05, 0) is 12.5 Å². The van der Waals surface area contributed by atoms with Gasteiger partial charge in [-0.25, -0.2) is 0 Å². The first kappa shape index (κ1) is 18.0. The first-order valence-corrected chi connectivity index (χ1v) is 7.46. The Morgan fingerprint density at radius 1 is 1.08 bits per heavy atom. The van der Waals surface area contributed by atoms with Crippen LogP contribution in [0.2, 0.25) is 0 Å². The molecule has 1 aliphatic carbocycles. The molecule has 24 heavy (non-hydrogen) atoms. The maximum atomic E-state index is 12.0. The average Bonchev–Trinajstić information content (AvgIpc) is 2.59. The zero-order valence-corrected chi connectivity index (χ0v) is 14.1. The van der Waals surface area contributed by atoms with Gasteiger partial charge in [-0.15, -0.1) is 0 Å². The quantitative estimate of drug-likeness (QED) is 0.576. The third-order valence-electron chi connectivity index (χ3n) is 4.39. The molecule has 132 valence electrons. The van der Waals surface area contributed by atoms with Crippen molar-refractivity contribution in [2.45, 2.75) is 30.9 Å². The van der Waals surface area contributed by atoms with Crippen LogP contribution < -0.4 is 14.2 Å². The van der Waals surface area contributed by atoms with Gasteiger partial charge in [0.2, 0.25) is 11.8 Å². The molecular formula is C16H21NO7. The number of hydrogen-bond donors (Lipinski definition) is 0. The lowest BCUT2D eigenvalue weighted by Gasteiger charge is -2.31. The van der Waals surface area contributed by atoms with E-state index in [9.17, 15) is 14.9 Å². The number of nitro groups is 1. The normalized spacial score (nSPS) is 23.7. The van der Waals surface area contributed by atoms with Crippen molar-refractivity contribution in [2.24, 2.45) is 0 Å². The highest BCUT2D eigenvalue weighted by Gasteiger charge is 2.45. The molecule has 8 heteroatoms. The largest absolute Gasteiger partial charge is 0.493 e. The Balaban J connectivity index is 2.54. The molecule has 0 aliphatic heterocycles. The van der Waals surface area contributed by atoms with Crippen LogP contribution in [0, 0.1) is 10.1 Å². The molecule has 0 saturated heterocycles. The Kier molecular flexibility index (Phi) is 5.61. The van der Waals surface area contributed by atoms with E-state index in [0.717, 1.165) is 0 Å². The van der Waals surface area contributed by atoms with Gasteiger partial charge in [0.05, 0.1) is 33.7 Å². The van der Waals surface area contributed by atoms with Gasteiger partial charge in [0, 0.05) is 17.6 Å². The third-order valence-corrected chi connectivity index (χ3v) is 4.39. The number of carbonyl (C=O) groups is 1. The second-order valence-corrected chi connectivity index (χ2v) is 5.51. The molecule has 0 amide bonds. The van der Waals surface area contributed by atoms with E-state index in [4.69, 9.17) is 18.9 Å². The molecule has 0 bridgehead atoms. The Morgan fingerprint density at radius 2 is 1.75 bits per heavy atom. The second kappa shape index (κ2) is 7.48. The summed E-state index contributed by atoms with van der Waals surface area (Å²) in [7, 11) is 5.86. The summed E-state index contributed by atoms with van der Waals surface area (Å²) in [6, 6.07) is 2.35. The molecule has 0 aromatic heterocycles. The lowest BCUT2D eigenvalue weighted by molar-refractivity contribution is -0.527. The zero-order valence-electron chi connectivity index (χ0n) is 14.1. The molecule has 1 fully saturated rings. The van der Waals surface area contributed by atoms with E-state index in [1.807, 2.05) is 0 Å².